The van der Waals surface area contributed by atoms with Crippen molar-refractivity contribution in [3.8, 4) is 0 Å². The van der Waals surface area contributed by atoms with Gasteiger partial charge in [-0.1, -0.05) is 33.8 Å². The molecule has 0 saturated carbocycles. The SMILES string of the molecule is CC.CC.Cc1ccc(F)nc1. The third kappa shape index (κ3) is 7.19. The Labute approximate surface area is 74.7 Å². The van der Waals surface area contributed by atoms with Crippen molar-refractivity contribution < 1.29 is 4.39 Å². The molecule has 0 N–H and O–H groups in total. The fraction of sp³-hybridized carbons (Fsp3) is 0.500. The lowest BCUT2D eigenvalue weighted by atomic mass is 10.3. The fourth-order valence-corrected chi connectivity index (χ4v) is 0.450. The first-order chi connectivity index (χ1) is 5.79. The van der Waals surface area contributed by atoms with E-state index in [1.165, 1.54) is 12.3 Å². The van der Waals surface area contributed by atoms with E-state index in [1.54, 1.807) is 6.07 Å². The Morgan fingerprint density at radius 1 is 1.08 bits per heavy atom. The van der Waals surface area contributed by atoms with Crippen molar-refractivity contribution in [3.05, 3.63) is 29.8 Å². The molecule has 0 aliphatic heterocycles. The molecule has 0 bridgehead atoms. The minimum atomic E-state index is -0.421. The van der Waals surface area contributed by atoms with Gasteiger partial charge in [0, 0.05) is 6.20 Å². The maximum absolute atomic E-state index is 12.0. The lowest BCUT2D eigenvalue weighted by Crippen LogP contribution is -1.79. The zero-order valence-corrected chi connectivity index (χ0v) is 8.56. The van der Waals surface area contributed by atoms with Gasteiger partial charge in [-0.05, 0) is 18.6 Å². The predicted molar refractivity (Wildman–Crippen MR) is 51.6 cm³/mol. The van der Waals surface area contributed by atoms with Crippen molar-refractivity contribution in [2.45, 2.75) is 34.6 Å². The lowest BCUT2D eigenvalue weighted by molar-refractivity contribution is 0.583. The molecule has 0 spiro atoms. The van der Waals surface area contributed by atoms with Crippen molar-refractivity contribution in [3.63, 3.8) is 0 Å². The summed E-state index contributed by atoms with van der Waals surface area (Å²) in [5.41, 5.74) is 0.978. The zero-order valence-electron chi connectivity index (χ0n) is 8.56. The number of hydrogen-bond acceptors (Lipinski definition) is 1. The van der Waals surface area contributed by atoms with Gasteiger partial charge in [-0.2, -0.15) is 4.39 Å². The second-order valence-corrected chi connectivity index (χ2v) is 1.66. The van der Waals surface area contributed by atoms with Crippen molar-refractivity contribution in [2.75, 3.05) is 0 Å². The number of hydrogen-bond donors (Lipinski definition) is 0. The molecule has 1 aromatic rings. The Hall–Kier alpha value is -0.920. The van der Waals surface area contributed by atoms with Gasteiger partial charge in [0.05, 0.1) is 0 Å². The van der Waals surface area contributed by atoms with Gasteiger partial charge in [-0.3, -0.25) is 0 Å². The van der Waals surface area contributed by atoms with Gasteiger partial charge in [-0.25, -0.2) is 4.98 Å². The van der Waals surface area contributed by atoms with Crippen LogP contribution in [-0.4, -0.2) is 4.98 Å². The minimum absolute atomic E-state index is 0.421. The maximum atomic E-state index is 12.0. The summed E-state index contributed by atoms with van der Waals surface area (Å²) in [6.07, 6.45) is 1.50. The molecule has 0 amide bonds. The van der Waals surface area contributed by atoms with Gasteiger partial charge in [0.15, 0.2) is 0 Å². The topological polar surface area (TPSA) is 12.9 Å². The molecule has 1 nitrogen and oxygen atoms in total. The van der Waals surface area contributed by atoms with Crippen LogP contribution < -0.4 is 0 Å². The van der Waals surface area contributed by atoms with Crippen LogP contribution in [0, 0.1) is 12.9 Å². The highest BCUT2D eigenvalue weighted by Gasteiger charge is 1.85. The molecule has 0 aromatic carbocycles. The van der Waals surface area contributed by atoms with Crippen molar-refractivity contribution in [1.82, 2.24) is 4.98 Å². The van der Waals surface area contributed by atoms with E-state index < -0.39 is 5.95 Å². The molecule has 0 saturated heterocycles. The average Bonchev–Trinajstić information content (AvgIpc) is 2.17. The Morgan fingerprint density at radius 2 is 1.58 bits per heavy atom. The number of halogens is 1. The first kappa shape index (κ1) is 13.7. The number of aryl methyl sites for hydroxylation is 1. The molecule has 1 rings (SSSR count). The normalized spacial score (nSPS) is 7.17. The Balaban J connectivity index is 0. The van der Waals surface area contributed by atoms with Crippen LogP contribution in [0.4, 0.5) is 4.39 Å². The fourth-order valence-electron chi connectivity index (χ4n) is 0.450. The molecular weight excluding hydrogens is 153 g/mol. The molecule has 1 aromatic heterocycles. The van der Waals surface area contributed by atoms with Crippen molar-refractivity contribution >= 4 is 0 Å². The molecule has 2 heteroatoms. The molecule has 12 heavy (non-hydrogen) atoms. The van der Waals surface area contributed by atoms with Gasteiger partial charge in [0.25, 0.3) is 0 Å². The zero-order chi connectivity index (χ0) is 9.98. The van der Waals surface area contributed by atoms with Crippen LogP contribution in [0.3, 0.4) is 0 Å². The monoisotopic (exact) mass is 171 g/mol. The van der Waals surface area contributed by atoms with E-state index in [1.807, 2.05) is 34.6 Å². The molecule has 0 fully saturated rings. The molecular formula is C10H18FN. The number of nitrogens with zero attached hydrogens (tertiary/aromatic N) is 1. The molecule has 0 unspecified atom stereocenters. The van der Waals surface area contributed by atoms with Crippen LogP contribution in [0.1, 0.15) is 33.3 Å². The van der Waals surface area contributed by atoms with E-state index in [2.05, 4.69) is 4.98 Å². The molecule has 0 aliphatic carbocycles. The summed E-state index contributed by atoms with van der Waals surface area (Å²) in [7, 11) is 0. The highest BCUT2D eigenvalue weighted by Crippen LogP contribution is 1.94. The van der Waals surface area contributed by atoms with Crippen LogP contribution >= 0.6 is 0 Å². The van der Waals surface area contributed by atoms with Crippen molar-refractivity contribution in [1.29, 1.82) is 0 Å². The van der Waals surface area contributed by atoms with E-state index in [0.717, 1.165) is 5.56 Å². The Kier molecular flexibility index (Phi) is 11.5. The van der Waals surface area contributed by atoms with Crippen LogP contribution in [0.15, 0.2) is 18.3 Å². The van der Waals surface area contributed by atoms with Crippen LogP contribution in [0.25, 0.3) is 0 Å². The summed E-state index contributed by atoms with van der Waals surface area (Å²) in [5.74, 6) is -0.421. The van der Waals surface area contributed by atoms with Gasteiger partial charge in [0.1, 0.15) is 0 Å². The summed E-state index contributed by atoms with van der Waals surface area (Å²) in [4.78, 5) is 3.41. The standard InChI is InChI=1S/C6H6FN.2C2H6/c1-5-2-3-6(7)8-4-5;2*1-2/h2-4H,1H3;2*1-2H3. The number of pyridine rings is 1. The summed E-state index contributed by atoms with van der Waals surface area (Å²) in [6.45, 7) is 9.87. The summed E-state index contributed by atoms with van der Waals surface area (Å²) >= 11 is 0. The van der Waals surface area contributed by atoms with E-state index >= 15 is 0 Å². The lowest BCUT2D eigenvalue weighted by Gasteiger charge is -1.86. The summed E-state index contributed by atoms with van der Waals surface area (Å²) in [6, 6.07) is 3.03. The first-order valence-corrected chi connectivity index (χ1v) is 4.37. The molecule has 0 aliphatic rings. The average molecular weight is 171 g/mol. The van der Waals surface area contributed by atoms with E-state index in [-0.39, 0.29) is 0 Å². The third-order valence-corrected chi connectivity index (χ3v) is 0.875. The smallest absolute Gasteiger partial charge is 0.212 e. The Morgan fingerprint density at radius 3 is 1.83 bits per heavy atom. The van der Waals surface area contributed by atoms with Crippen molar-refractivity contribution in [2.24, 2.45) is 0 Å². The van der Waals surface area contributed by atoms with E-state index in [0.29, 0.717) is 0 Å². The molecule has 70 valence electrons. The molecule has 0 atom stereocenters. The van der Waals surface area contributed by atoms with E-state index in [9.17, 15) is 4.39 Å². The molecule has 0 radical (unpaired) electrons. The van der Waals surface area contributed by atoms with Crippen LogP contribution in [0.5, 0.6) is 0 Å². The maximum Gasteiger partial charge on any atom is 0.212 e. The summed E-state index contributed by atoms with van der Waals surface area (Å²) < 4.78 is 12.0. The third-order valence-electron chi connectivity index (χ3n) is 0.875. The minimum Gasteiger partial charge on any atom is -0.228 e. The summed E-state index contributed by atoms with van der Waals surface area (Å²) in [5, 5.41) is 0. The molecule has 1 heterocycles. The predicted octanol–water partition coefficient (Wildman–Crippen LogP) is 3.58. The van der Waals surface area contributed by atoms with Crippen LogP contribution in [-0.2, 0) is 0 Å². The number of aromatic nitrogens is 1. The van der Waals surface area contributed by atoms with Crippen LogP contribution in [0.2, 0.25) is 0 Å². The quantitative estimate of drug-likeness (QED) is 0.544. The second-order valence-electron chi connectivity index (χ2n) is 1.66. The van der Waals surface area contributed by atoms with Gasteiger partial charge < -0.3 is 0 Å². The second kappa shape index (κ2) is 10.1. The largest absolute Gasteiger partial charge is 0.228 e. The van der Waals surface area contributed by atoms with Gasteiger partial charge >= 0.3 is 0 Å². The highest BCUT2D eigenvalue weighted by molar-refractivity contribution is 5.05. The van der Waals surface area contributed by atoms with E-state index in [4.69, 9.17) is 0 Å². The number of rotatable bonds is 0. The Bertz CT molecular complexity index is 149. The highest BCUT2D eigenvalue weighted by atomic mass is 19.1. The van der Waals surface area contributed by atoms with Gasteiger partial charge in [0.2, 0.25) is 5.95 Å². The first-order valence-electron chi connectivity index (χ1n) is 4.37. The van der Waals surface area contributed by atoms with Gasteiger partial charge in [-0.15, -0.1) is 0 Å².